The van der Waals surface area contributed by atoms with Gasteiger partial charge in [-0.1, -0.05) is 6.92 Å². The first-order valence-electron chi connectivity index (χ1n) is 5.26. The molecule has 0 aromatic carbocycles. The minimum Gasteiger partial charge on any atom is -0.347 e. The van der Waals surface area contributed by atoms with Crippen molar-refractivity contribution in [3.05, 3.63) is 39.0 Å². The van der Waals surface area contributed by atoms with E-state index in [4.69, 9.17) is 0 Å². The van der Waals surface area contributed by atoms with E-state index in [1.54, 1.807) is 17.5 Å². The molecular formula is C11H14BrN3S. The lowest BCUT2D eigenvalue weighted by molar-refractivity contribution is 0.500. The molecule has 0 saturated heterocycles. The van der Waals surface area contributed by atoms with Gasteiger partial charge in [0.05, 0.1) is 9.83 Å². The Labute approximate surface area is 107 Å². The van der Waals surface area contributed by atoms with Gasteiger partial charge in [-0.25, -0.2) is 4.98 Å². The van der Waals surface area contributed by atoms with Crippen LogP contribution in [0.3, 0.4) is 0 Å². The summed E-state index contributed by atoms with van der Waals surface area (Å²) >= 11 is 5.23. The maximum Gasteiger partial charge on any atom is 0.123 e. The minimum absolute atomic E-state index is 0.302. The highest BCUT2D eigenvalue weighted by atomic mass is 79.9. The third kappa shape index (κ3) is 2.93. The Morgan fingerprint density at radius 1 is 1.56 bits per heavy atom. The smallest absolute Gasteiger partial charge is 0.123 e. The maximum absolute atomic E-state index is 4.28. The number of hydrogen-bond acceptors (Lipinski definition) is 3. The number of nitrogens with one attached hydrogen (secondary N) is 2. The molecule has 2 rings (SSSR count). The molecule has 1 unspecified atom stereocenters. The van der Waals surface area contributed by atoms with E-state index in [2.05, 4.69) is 50.3 Å². The fourth-order valence-corrected chi connectivity index (χ4v) is 3.01. The second kappa shape index (κ2) is 5.61. The van der Waals surface area contributed by atoms with Crippen molar-refractivity contribution in [2.24, 2.45) is 0 Å². The number of hydrogen-bond donors (Lipinski definition) is 2. The van der Waals surface area contributed by atoms with Crippen LogP contribution < -0.4 is 5.32 Å². The van der Waals surface area contributed by atoms with Crippen molar-refractivity contribution in [3.8, 4) is 0 Å². The van der Waals surface area contributed by atoms with Gasteiger partial charge in [-0.15, -0.1) is 11.3 Å². The van der Waals surface area contributed by atoms with Crippen LogP contribution in [0, 0.1) is 0 Å². The largest absolute Gasteiger partial charge is 0.347 e. The molecule has 2 heterocycles. The molecule has 0 fully saturated rings. The van der Waals surface area contributed by atoms with E-state index >= 15 is 0 Å². The Balaban J connectivity index is 1.93. The van der Waals surface area contributed by atoms with E-state index in [0.29, 0.717) is 6.04 Å². The predicted octanol–water partition coefficient (Wildman–Crippen LogP) is 3.47. The summed E-state index contributed by atoms with van der Waals surface area (Å²) in [7, 11) is 0. The number of nitrogens with zero attached hydrogens (tertiary/aromatic N) is 1. The zero-order chi connectivity index (χ0) is 11.4. The lowest BCUT2D eigenvalue weighted by Gasteiger charge is -2.13. The third-order valence-electron chi connectivity index (χ3n) is 2.41. The number of H-pyrrole nitrogens is 1. The van der Waals surface area contributed by atoms with Crippen LogP contribution in [0.2, 0.25) is 0 Å². The molecule has 1 atom stereocenters. The van der Waals surface area contributed by atoms with Crippen molar-refractivity contribution in [3.63, 3.8) is 0 Å². The first kappa shape index (κ1) is 11.8. The molecule has 0 spiro atoms. The topological polar surface area (TPSA) is 40.7 Å². The average molecular weight is 300 g/mol. The Bertz CT molecular complexity index is 424. The molecule has 0 aliphatic heterocycles. The molecular weight excluding hydrogens is 286 g/mol. The van der Waals surface area contributed by atoms with Gasteiger partial charge in [0.15, 0.2) is 0 Å². The highest BCUT2D eigenvalue weighted by Crippen LogP contribution is 2.22. The number of aromatic amines is 1. The van der Waals surface area contributed by atoms with Gasteiger partial charge in [0, 0.05) is 23.8 Å². The molecule has 2 aromatic rings. The second-order valence-electron chi connectivity index (χ2n) is 3.52. The van der Waals surface area contributed by atoms with Crippen LogP contribution in [0.4, 0.5) is 0 Å². The zero-order valence-corrected chi connectivity index (χ0v) is 11.4. The van der Waals surface area contributed by atoms with Crippen LogP contribution >= 0.6 is 27.3 Å². The number of rotatable bonds is 5. The summed E-state index contributed by atoms with van der Waals surface area (Å²) in [5.41, 5.74) is 0. The van der Waals surface area contributed by atoms with Crippen molar-refractivity contribution in [2.75, 3.05) is 0 Å². The van der Waals surface area contributed by atoms with E-state index < -0.39 is 0 Å². The highest BCUT2D eigenvalue weighted by molar-refractivity contribution is 9.11. The standard InChI is InChI=1S/C11H14BrN3S/c1-2-9(11-13-5-6-14-11)15-7-8-3-4-10(12)16-8/h3-6,9,15H,2,7H2,1H3,(H,13,14). The van der Waals surface area contributed by atoms with E-state index in [-0.39, 0.29) is 0 Å². The molecule has 0 aliphatic carbocycles. The average Bonchev–Trinajstić information content (AvgIpc) is 2.91. The molecule has 0 aliphatic rings. The highest BCUT2D eigenvalue weighted by Gasteiger charge is 2.10. The molecule has 5 heteroatoms. The Kier molecular flexibility index (Phi) is 4.15. The van der Waals surface area contributed by atoms with Gasteiger partial charge < -0.3 is 10.3 Å². The van der Waals surface area contributed by atoms with Gasteiger partial charge in [0.1, 0.15) is 5.82 Å². The summed E-state index contributed by atoms with van der Waals surface area (Å²) in [6.07, 6.45) is 4.68. The van der Waals surface area contributed by atoms with Crippen LogP contribution in [0.5, 0.6) is 0 Å². The summed E-state index contributed by atoms with van der Waals surface area (Å²) in [5, 5.41) is 3.50. The van der Waals surface area contributed by atoms with Crippen molar-refractivity contribution < 1.29 is 0 Å². The van der Waals surface area contributed by atoms with Gasteiger partial charge >= 0.3 is 0 Å². The van der Waals surface area contributed by atoms with Crippen molar-refractivity contribution in [1.82, 2.24) is 15.3 Å². The van der Waals surface area contributed by atoms with Crippen LogP contribution in [-0.2, 0) is 6.54 Å². The van der Waals surface area contributed by atoms with E-state index in [9.17, 15) is 0 Å². The number of imidazole rings is 1. The van der Waals surface area contributed by atoms with Crippen LogP contribution in [0.25, 0.3) is 0 Å². The van der Waals surface area contributed by atoms with Crippen molar-refractivity contribution >= 4 is 27.3 Å². The van der Waals surface area contributed by atoms with E-state index in [1.165, 1.54) is 8.66 Å². The van der Waals surface area contributed by atoms with Gasteiger partial charge in [0.2, 0.25) is 0 Å². The first-order chi connectivity index (χ1) is 7.79. The van der Waals surface area contributed by atoms with Crippen LogP contribution in [0.15, 0.2) is 28.3 Å². The molecule has 2 aromatic heterocycles. The third-order valence-corrected chi connectivity index (χ3v) is 4.03. The molecule has 0 amide bonds. The lowest BCUT2D eigenvalue weighted by Crippen LogP contribution is -2.20. The molecule has 0 bridgehead atoms. The summed E-state index contributed by atoms with van der Waals surface area (Å²) < 4.78 is 1.18. The first-order valence-corrected chi connectivity index (χ1v) is 6.87. The summed E-state index contributed by atoms with van der Waals surface area (Å²) in [6, 6.07) is 4.52. The zero-order valence-electron chi connectivity index (χ0n) is 9.03. The Morgan fingerprint density at radius 3 is 3.00 bits per heavy atom. The monoisotopic (exact) mass is 299 g/mol. The van der Waals surface area contributed by atoms with Crippen molar-refractivity contribution in [1.29, 1.82) is 0 Å². The summed E-state index contributed by atoms with van der Waals surface area (Å²) in [5.74, 6) is 1.01. The number of halogens is 1. The quantitative estimate of drug-likeness (QED) is 0.887. The lowest BCUT2D eigenvalue weighted by atomic mass is 10.2. The van der Waals surface area contributed by atoms with E-state index in [0.717, 1.165) is 18.8 Å². The minimum atomic E-state index is 0.302. The summed E-state index contributed by atoms with van der Waals surface area (Å²) in [4.78, 5) is 8.76. The molecule has 16 heavy (non-hydrogen) atoms. The molecule has 3 nitrogen and oxygen atoms in total. The van der Waals surface area contributed by atoms with Gasteiger partial charge in [0.25, 0.3) is 0 Å². The van der Waals surface area contributed by atoms with E-state index in [1.807, 2.05) is 6.20 Å². The molecule has 86 valence electrons. The number of aromatic nitrogens is 2. The van der Waals surface area contributed by atoms with Gasteiger partial charge in [-0.05, 0) is 34.5 Å². The Hall–Kier alpha value is -0.650. The fourth-order valence-electron chi connectivity index (χ4n) is 1.57. The fraction of sp³-hybridized carbons (Fsp3) is 0.364. The van der Waals surface area contributed by atoms with Crippen LogP contribution in [-0.4, -0.2) is 9.97 Å². The normalized spacial score (nSPS) is 12.9. The predicted molar refractivity (Wildman–Crippen MR) is 70.5 cm³/mol. The molecule has 2 N–H and O–H groups in total. The van der Waals surface area contributed by atoms with Gasteiger partial charge in [-0.2, -0.15) is 0 Å². The SMILES string of the molecule is CCC(NCc1ccc(Br)s1)c1ncc[nH]1. The second-order valence-corrected chi connectivity index (χ2v) is 6.07. The summed E-state index contributed by atoms with van der Waals surface area (Å²) in [6.45, 7) is 3.04. The van der Waals surface area contributed by atoms with Crippen LogP contribution in [0.1, 0.15) is 30.1 Å². The molecule has 0 saturated carbocycles. The maximum atomic E-state index is 4.28. The van der Waals surface area contributed by atoms with Crippen molar-refractivity contribution in [2.45, 2.75) is 25.9 Å². The molecule has 0 radical (unpaired) electrons. The van der Waals surface area contributed by atoms with Gasteiger partial charge in [-0.3, -0.25) is 0 Å². The number of thiophene rings is 1. The Morgan fingerprint density at radius 2 is 2.44 bits per heavy atom.